The van der Waals surface area contributed by atoms with Gasteiger partial charge in [-0.3, -0.25) is 4.79 Å². The minimum atomic E-state index is -4.90. The number of halogens is 3. The SMILES string of the molecule is Cc1cc(-n2c3ccccc3c3ccccc32)c(C)cc1-c1ccc(-c2cccc(C(=O)C(F)(F)F)c2)cc1. The van der Waals surface area contributed by atoms with Crippen LogP contribution in [0.5, 0.6) is 0 Å². The van der Waals surface area contributed by atoms with E-state index in [4.69, 9.17) is 0 Å². The predicted molar refractivity (Wildman–Crippen MR) is 152 cm³/mol. The Labute approximate surface area is 224 Å². The maximum absolute atomic E-state index is 12.9. The average Bonchev–Trinajstić information content (AvgIpc) is 3.28. The van der Waals surface area contributed by atoms with Crippen LogP contribution in [0, 0.1) is 13.8 Å². The maximum Gasteiger partial charge on any atom is 0.454 e. The van der Waals surface area contributed by atoms with Crippen LogP contribution in [0.1, 0.15) is 21.5 Å². The number of carbonyl (C=O) groups excluding carboxylic acids is 1. The fraction of sp³-hybridized carbons (Fsp3) is 0.0882. The molecule has 5 heteroatoms. The molecule has 0 unspecified atom stereocenters. The van der Waals surface area contributed by atoms with E-state index in [2.05, 4.69) is 79.1 Å². The molecule has 5 aromatic carbocycles. The van der Waals surface area contributed by atoms with Crippen LogP contribution in [0.3, 0.4) is 0 Å². The van der Waals surface area contributed by atoms with Gasteiger partial charge in [0.05, 0.1) is 11.0 Å². The molecule has 0 aliphatic carbocycles. The Morgan fingerprint density at radius 3 is 1.82 bits per heavy atom. The van der Waals surface area contributed by atoms with E-state index in [0.29, 0.717) is 5.56 Å². The summed E-state index contributed by atoms with van der Waals surface area (Å²) in [5.41, 5.74) is 8.72. The molecule has 0 saturated heterocycles. The third kappa shape index (κ3) is 4.30. The van der Waals surface area contributed by atoms with Gasteiger partial charge < -0.3 is 4.57 Å². The van der Waals surface area contributed by atoms with Crippen molar-refractivity contribution >= 4 is 27.6 Å². The van der Waals surface area contributed by atoms with Crippen molar-refractivity contribution < 1.29 is 18.0 Å². The molecule has 0 atom stereocenters. The Kier molecular flexibility index (Phi) is 5.87. The fourth-order valence-electron chi connectivity index (χ4n) is 5.38. The van der Waals surface area contributed by atoms with E-state index in [9.17, 15) is 18.0 Å². The summed E-state index contributed by atoms with van der Waals surface area (Å²) < 4.78 is 41.0. The lowest BCUT2D eigenvalue weighted by molar-refractivity contribution is -0.0885. The van der Waals surface area contributed by atoms with Crippen LogP contribution in [0.25, 0.3) is 49.7 Å². The number of rotatable bonds is 4. The highest BCUT2D eigenvalue weighted by molar-refractivity contribution is 6.09. The van der Waals surface area contributed by atoms with Gasteiger partial charge in [-0.15, -0.1) is 0 Å². The van der Waals surface area contributed by atoms with Crippen molar-refractivity contribution in [2.75, 3.05) is 0 Å². The molecule has 6 rings (SSSR count). The Balaban J connectivity index is 1.38. The molecule has 1 heterocycles. The van der Waals surface area contributed by atoms with Gasteiger partial charge in [0.15, 0.2) is 0 Å². The molecule has 0 saturated carbocycles. The van der Waals surface area contributed by atoms with E-state index in [-0.39, 0.29) is 5.56 Å². The summed E-state index contributed by atoms with van der Waals surface area (Å²) in [7, 11) is 0. The second-order valence-corrected chi connectivity index (χ2v) is 9.81. The van der Waals surface area contributed by atoms with Crippen molar-refractivity contribution in [3.8, 4) is 27.9 Å². The van der Waals surface area contributed by atoms with Crippen LogP contribution in [-0.2, 0) is 0 Å². The van der Waals surface area contributed by atoms with Crippen molar-refractivity contribution in [1.82, 2.24) is 4.57 Å². The molecule has 0 aliphatic heterocycles. The number of aryl methyl sites for hydroxylation is 2. The van der Waals surface area contributed by atoms with E-state index >= 15 is 0 Å². The molecule has 0 spiro atoms. The summed E-state index contributed by atoms with van der Waals surface area (Å²) in [6.07, 6.45) is -4.90. The highest BCUT2D eigenvalue weighted by Crippen LogP contribution is 2.36. The molecule has 0 radical (unpaired) electrons. The van der Waals surface area contributed by atoms with Crippen molar-refractivity contribution in [1.29, 1.82) is 0 Å². The van der Waals surface area contributed by atoms with E-state index in [1.54, 1.807) is 6.07 Å². The second kappa shape index (κ2) is 9.28. The van der Waals surface area contributed by atoms with E-state index in [1.807, 2.05) is 24.3 Å². The lowest BCUT2D eigenvalue weighted by Gasteiger charge is -2.16. The standard InChI is InChI=1S/C34H24F3NO/c1-21-19-32(38-30-12-5-3-10-27(30)28-11-4-6-13-31(28)38)22(2)18-29(21)24-16-14-23(15-17-24)25-8-7-9-26(20-25)33(39)34(35,36)37/h3-20H,1-2H3. The molecule has 192 valence electrons. The summed E-state index contributed by atoms with van der Waals surface area (Å²) in [6.45, 7) is 4.20. The lowest BCUT2D eigenvalue weighted by atomic mass is 9.94. The molecular weight excluding hydrogens is 495 g/mol. The largest absolute Gasteiger partial charge is 0.454 e. The van der Waals surface area contributed by atoms with Crippen LogP contribution in [-0.4, -0.2) is 16.5 Å². The lowest BCUT2D eigenvalue weighted by Crippen LogP contribution is -2.22. The van der Waals surface area contributed by atoms with Crippen LogP contribution < -0.4 is 0 Å². The van der Waals surface area contributed by atoms with Gasteiger partial charge in [0.25, 0.3) is 5.78 Å². The first kappa shape index (κ1) is 24.7. The van der Waals surface area contributed by atoms with Gasteiger partial charge in [-0.25, -0.2) is 0 Å². The van der Waals surface area contributed by atoms with E-state index in [0.717, 1.165) is 44.5 Å². The summed E-state index contributed by atoms with van der Waals surface area (Å²) >= 11 is 0. The fourth-order valence-corrected chi connectivity index (χ4v) is 5.38. The maximum atomic E-state index is 12.9. The minimum Gasteiger partial charge on any atom is -0.309 e. The molecule has 6 aromatic rings. The number of para-hydroxylation sites is 2. The summed E-state index contributed by atoms with van der Waals surface area (Å²) in [5.74, 6) is -1.84. The Hall–Kier alpha value is -4.64. The number of Topliss-reactive ketones (excluding diaryl/α,β-unsaturated/α-hetero) is 1. The topological polar surface area (TPSA) is 22.0 Å². The van der Waals surface area contributed by atoms with Crippen LogP contribution in [0.15, 0.2) is 109 Å². The predicted octanol–water partition coefficient (Wildman–Crippen LogP) is 9.48. The number of benzene rings is 5. The summed E-state index contributed by atoms with van der Waals surface area (Å²) in [6, 6.07) is 34.6. The monoisotopic (exact) mass is 519 g/mol. The number of fused-ring (bicyclic) bond motifs is 3. The van der Waals surface area contributed by atoms with Crippen LogP contribution >= 0.6 is 0 Å². The number of nitrogens with zero attached hydrogens (tertiary/aromatic N) is 1. The second-order valence-electron chi connectivity index (χ2n) is 9.81. The van der Waals surface area contributed by atoms with Crippen molar-refractivity contribution in [2.45, 2.75) is 20.0 Å². The normalized spacial score (nSPS) is 11.8. The molecule has 2 nitrogen and oxygen atoms in total. The Bertz CT molecular complexity index is 1820. The molecule has 0 amide bonds. The minimum absolute atomic E-state index is 0.365. The van der Waals surface area contributed by atoms with E-state index in [1.165, 1.54) is 29.0 Å². The zero-order valence-electron chi connectivity index (χ0n) is 21.4. The Morgan fingerprint density at radius 2 is 1.21 bits per heavy atom. The molecule has 39 heavy (non-hydrogen) atoms. The number of hydrogen-bond acceptors (Lipinski definition) is 1. The first-order valence-electron chi connectivity index (χ1n) is 12.6. The van der Waals surface area contributed by atoms with Gasteiger partial charge in [0, 0.05) is 22.0 Å². The van der Waals surface area contributed by atoms with Gasteiger partial charge in [-0.2, -0.15) is 13.2 Å². The third-order valence-corrected chi connectivity index (χ3v) is 7.28. The number of carbonyl (C=O) groups is 1. The molecule has 1 aromatic heterocycles. The first-order chi connectivity index (χ1) is 18.7. The molecule has 0 fully saturated rings. The van der Waals surface area contributed by atoms with Crippen LogP contribution in [0.2, 0.25) is 0 Å². The molecular formula is C34H24F3NO. The molecule has 0 bridgehead atoms. The number of aromatic nitrogens is 1. The van der Waals surface area contributed by atoms with Gasteiger partial charge in [-0.1, -0.05) is 78.9 Å². The average molecular weight is 520 g/mol. The smallest absolute Gasteiger partial charge is 0.309 e. The van der Waals surface area contributed by atoms with Gasteiger partial charge in [0.2, 0.25) is 0 Å². The number of hydrogen-bond donors (Lipinski definition) is 0. The zero-order chi connectivity index (χ0) is 27.3. The van der Waals surface area contributed by atoms with Crippen molar-refractivity contribution in [2.24, 2.45) is 0 Å². The first-order valence-corrected chi connectivity index (χ1v) is 12.6. The molecule has 0 aliphatic rings. The van der Waals surface area contributed by atoms with Gasteiger partial charge in [0.1, 0.15) is 0 Å². The van der Waals surface area contributed by atoms with E-state index < -0.39 is 12.0 Å². The molecule has 0 N–H and O–H groups in total. The Morgan fingerprint density at radius 1 is 0.615 bits per heavy atom. The number of alkyl halides is 3. The quantitative estimate of drug-likeness (QED) is 0.213. The summed E-state index contributed by atoms with van der Waals surface area (Å²) in [4.78, 5) is 11.7. The van der Waals surface area contributed by atoms with Gasteiger partial charge in [-0.05, 0) is 77.6 Å². The highest BCUT2D eigenvalue weighted by Gasteiger charge is 2.39. The third-order valence-electron chi connectivity index (χ3n) is 7.28. The van der Waals surface area contributed by atoms with Crippen molar-refractivity contribution in [3.05, 3.63) is 126 Å². The number of ketones is 1. The van der Waals surface area contributed by atoms with Gasteiger partial charge >= 0.3 is 6.18 Å². The highest BCUT2D eigenvalue weighted by atomic mass is 19.4. The van der Waals surface area contributed by atoms with Crippen LogP contribution in [0.4, 0.5) is 13.2 Å². The summed E-state index contributed by atoms with van der Waals surface area (Å²) in [5, 5.41) is 2.43. The zero-order valence-corrected chi connectivity index (χ0v) is 21.4. The van der Waals surface area contributed by atoms with Crippen molar-refractivity contribution in [3.63, 3.8) is 0 Å².